The van der Waals surface area contributed by atoms with E-state index in [0.29, 0.717) is 13.1 Å². The lowest BCUT2D eigenvalue weighted by Crippen LogP contribution is -2.59. The number of carbonyl (C=O) groups is 3. The van der Waals surface area contributed by atoms with Crippen molar-refractivity contribution in [3.8, 4) is 0 Å². The van der Waals surface area contributed by atoms with Crippen molar-refractivity contribution in [1.82, 2.24) is 15.1 Å². The summed E-state index contributed by atoms with van der Waals surface area (Å²) in [5.74, 6) is -1.24. The highest BCUT2D eigenvalue weighted by Crippen LogP contribution is 2.33. The standard InChI is InChI=1S/C21H35N3O5/c1-16(2)24-13-17(12-19(24)26)20(27)29-14-18(25)22-15-21(6-4-3-5-7-21)23-8-10-28-11-9-23/h16-17H,3-15H2,1-2H3,(H,22,25). The molecule has 1 unspecified atom stereocenters. The fraction of sp³-hybridized carbons (Fsp3) is 0.857. The monoisotopic (exact) mass is 409 g/mol. The minimum absolute atomic E-state index is 0.0165. The molecule has 1 atom stereocenters. The molecular formula is C21H35N3O5. The first kappa shape index (κ1) is 22.0. The Hall–Kier alpha value is -1.67. The number of rotatable bonds is 7. The van der Waals surface area contributed by atoms with E-state index in [1.54, 1.807) is 4.90 Å². The Morgan fingerprint density at radius 2 is 1.90 bits per heavy atom. The highest BCUT2D eigenvalue weighted by molar-refractivity contribution is 5.88. The minimum atomic E-state index is -0.476. The molecule has 1 N–H and O–H groups in total. The zero-order valence-corrected chi connectivity index (χ0v) is 17.8. The predicted molar refractivity (Wildman–Crippen MR) is 107 cm³/mol. The number of nitrogens with zero attached hydrogens (tertiary/aromatic N) is 2. The number of morpholine rings is 1. The summed E-state index contributed by atoms with van der Waals surface area (Å²) >= 11 is 0. The van der Waals surface area contributed by atoms with E-state index in [2.05, 4.69) is 10.2 Å². The van der Waals surface area contributed by atoms with Crippen LogP contribution in [0.4, 0.5) is 0 Å². The average Bonchev–Trinajstić information content (AvgIpc) is 3.14. The van der Waals surface area contributed by atoms with E-state index in [1.807, 2.05) is 13.8 Å². The Morgan fingerprint density at radius 1 is 1.21 bits per heavy atom. The van der Waals surface area contributed by atoms with Crippen LogP contribution in [0.2, 0.25) is 0 Å². The van der Waals surface area contributed by atoms with Crippen molar-refractivity contribution in [2.75, 3.05) is 46.0 Å². The third-order valence-corrected chi connectivity index (χ3v) is 6.54. The second-order valence-corrected chi connectivity index (χ2v) is 8.81. The van der Waals surface area contributed by atoms with Gasteiger partial charge in [-0.2, -0.15) is 0 Å². The van der Waals surface area contributed by atoms with Gasteiger partial charge >= 0.3 is 5.97 Å². The van der Waals surface area contributed by atoms with Crippen LogP contribution in [0.3, 0.4) is 0 Å². The molecule has 2 aliphatic heterocycles. The molecule has 0 bridgehead atoms. The lowest BCUT2D eigenvalue weighted by Gasteiger charge is -2.48. The number of hydrogen-bond donors (Lipinski definition) is 1. The molecule has 29 heavy (non-hydrogen) atoms. The van der Waals surface area contributed by atoms with Crippen LogP contribution in [-0.2, 0) is 23.9 Å². The fourth-order valence-corrected chi connectivity index (χ4v) is 4.81. The van der Waals surface area contributed by atoms with Crippen molar-refractivity contribution in [2.45, 2.75) is 64.0 Å². The molecule has 8 nitrogen and oxygen atoms in total. The Morgan fingerprint density at radius 3 is 2.52 bits per heavy atom. The van der Waals surface area contributed by atoms with E-state index in [-0.39, 0.29) is 36.4 Å². The van der Waals surface area contributed by atoms with Crippen molar-refractivity contribution >= 4 is 17.8 Å². The largest absolute Gasteiger partial charge is 0.455 e. The molecule has 2 saturated heterocycles. The van der Waals surface area contributed by atoms with Gasteiger partial charge in [0.25, 0.3) is 5.91 Å². The van der Waals surface area contributed by atoms with Gasteiger partial charge < -0.3 is 19.7 Å². The molecule has 0 aromatic carbocycles. The van der Waals surface area contributed by atoms with Crippen molar-refractivity contribution in [3.63, 3.8) is 0 Å². The maximum absolute atomic E-state index is 12.4. The highest BCUT2D eigenvalue weighted by atomic mass is 16.5. The van der Waals surface area contributed by atoms with Crippen LogP contribution in [-0.4, -0.2) is 85.2 Å². The van der Waals surface area contributed by atoms with Gasteiger partial charge in [0.1, 0.15) is 0 Å². The Balaban J connectivity index is 1.46. The van der Waals surface area contributed by atoms with Crippen molar-refractivity contribution in [3.05, 3.63) is 0 Å². The molecule has 8 heteroatoms. The summed E-state index contributed by atoms with van der Waals surface area (Å²) in [6, 6.07) is 0.0652. The van der Waals surface area contributed by atoms with E-state index in [9.17, 15) is 14.4 Å². The number of esters is 1. The third-order valence-electron chi connectivity index (χ3n) is 6.54. The minimum Gasteiger partial charge on any atom is -0.455 e. The number of ether oxygens (including phenoxy) is 2. The number of nitrogens with one attached hydrogen (secondary N) is 1. The second-order valence-electron chi connectivity index (χ2n) is 8.81. The summed E-state index contributed by atoms with van der Waals surface area (Å²) < 4.78 is 10.7. The van der Waals surface area contributed by atoms with Gasteiger partial charge in [-0.1, -0.05) is 19.3 Å². The van der Waals surface area contributed by atoms with E-state index in [4.69, 9.17) is 9.47 Å². The topological polar surface area (TPSA) is 88.2 Å². The first-order valence-corrected chi connectivity index (χ1v) is 11.0. The van der Waals surface area contributed by atoms with Gasteiger partial charge in [0.15, 0.2) is 6.61 Å². The number of likely N-dealkylation sites (tertiary alicyclic amines) is 1. The molecule has 0 spiro atoms. The van der Waals surface area contributed by atoms with Gasteiger partial charge in [-0.05, 0) is 26.7 Å². The zero-order valence-electron chi connectivity index (χ0n) is 17.8. The Kier molecular flexibility index (Phi) is 7.51. The molecule has 164 valence electrons. The maximum Gasteiger partial charge on any atom is 0.311 e. The third kappa shape index (κ3) is 5.48. The van der Waals surface area contributed by atoms with E-state index in [1.165, 1.54) is 19.3 Å². The van der Waals surface area contributed by atoms with Crippen LogP contribution in [0.5, 0.6) is 0 Å². The molecule has 0 aromatic rings. The SMILES string of the molecule is CC(C)N1CC(C(=O)OCC(=O)NCC2(N3CCOCC3)CCCCC2)CC1=O. The fourth-order valence-electron chi connectivity index (χ4n) is 4.81. The second kappa shape index (κ2) is 9.89. The lowest BCUT2D eigenvalue weighted by molar-refractivity contribution is -0.152. The summed E-state index contributed by atoms with van der Waals surface area (Å²) in [7, 11) is 0. The summed E-state index contributed by atoms with van der Waals surface area (Å²) in [6.07, 6.45) is 5.89. The van der Waals surface area contributed by atoms with Crippen molar-refractivity contribution < 1.29 is 23.9 Å². The Bertz CT molecular complexity index is 597. The Labute approximate surface area is 173 Å². The van der Waals surface area contributed by atoms with Crippen molar-refractivity contribution in [2.24, 2.45) is 5.92 Å². The number of amides is 2. The molecule has 3 rings (SSSR count). The smallest absolute Gasteiger partial charge is 0.311 e. The molecule has 1 saturated carbocycles. The van der Waals surface area contributed by atoms with Gasteiger partial charge in [0.2, 0.25) is 5.91 Å². The number of carbonyl (C=O) groups excluding carboxylic acids is 3. The normalized spacial score (nSPS) is 25.3. The van der Waals surface area contributed by atoms with Crippen LogP contribution in [0, 0.1) is 5.92 Å². The maximum atomic E-state index is 12.4. The predicted octanol–water partition coefficient (Wildman–Crippen LogP) is 0.938. The summed E-state index contributed by atoms with van der Waals surface area (Å²) in [5, 5.41) is 3.00. The molecule has 1 aliphatic carbocycles. The van der Waals surface area contributed by atoms with E-state index < -0.39 is 11.9 Å². The average molecular weight is 410 g/mol. The van der Waals surface area contributed by atoms with Gasteiger partial charge in [-0.3, -0.25) is 19.3 Å². The molecule has 3 aliphatic rings. The highest BCUT2D eigenvalue weighted by Gasteiger charge is 2.39. The first-order valence-electron chi connectivity index (χ1n) is 11.0. The van der Waals surface area contributed by atoms with Crippen LogP contribution < -0.4 is 5.32 Å². The number of hydrogen-bond acceptors (Lipinski definition) is 6. The summed E-state index contributed by atoms with van der Waals surface area (Å²) in [6.45, 7) is 7.78. The molecule has 0 radical (unpaired) electrons. The summed E-state index contributed by atoms with van der Waals surface area (Å²) in [4.78, 5) is 40.7. The van der Waals surface area contributed by atoms with Crippen molar-refractivity contribution in [1.29, 1.82) is 0 Å². The zero-order chi connectivity index (χ0) is 20.9. The van der Waals surface area contributed by atoms with Gasteiger partial charge in [0.05, 0.1) is 19.1 Å². The van der Waals surface area contributed by atoms with E-state index in [0.717, 1.165) is 39.1 Å². The molecular weight excluding hydrogens is 374 g/mol. The summed E-state index contributed by atoms with van der Waals surface area (Å²) in [5.41, 5.74) is -0.0165. The molecule has 2 heterocycles. The first-order chi connectivity index (χ1) is 13.9. The molecule has 3 fully saturated rings. The van der Waals surface area contributed by atoms with Gasteiger partial charge in [0, 0.05) is 44.2 Å². The van der Waals surface area contributed by atoms with Crippen LogP contribution >= 0.6 is 0 Å². The van der Waals surface area contributed by atoms with Crippen LogP contribution in [0.15, 0.2) is 0 Å². The molecule has 2 amide bonds. The lowest BCUT2D eigenvalue weighted by atomic mass is 9.79. The molecule has 0 aromatic heterocycles. The van der Waals surface area contributed by atoms with Gasteiger partial charge in [-0.15, -0.1) is 0 Å². The van der Waals surface area contributed by atoms with E-state index >= 15 is 0 Å². The quantitative estimate of drug-likeness (QED) is 0.630. The van der Waals surface area contributed by atoms with Gasteiger partial charge in [-0.25, -0.2) is 0 Å². The van der Waals surface area contributed by atoms with Crippen LogP contribution in [0.1, 0.15) is 52.4 Å². The van der Waals surface area contributed by atoms with Crippen LogP contribution in [0.25, 0.3) is 0 Å².